The molecule has 2 heterocycles. The van der Waals surface area contributed by atoms with Gasteiger partial charge in [0.15, 0.2) is 0 Å². The van der Waals surface area contributed by atoms with Gasteiger partial charge in [-0.25, -0.2) is 0 Å². The molecule has 32 heavy (non-hydrogen) atoms. The van der Waals surface area contributed by atoms with Crippen LogP contribution in [0, 0.1) is 10.1 Å². The topological polar surface area (TPSA) is 91.6 Å². The number of anilines is 2. The van der Waals surface area contributed by atoms with Gasteiger partial charge < -0.3 is 15.1 Å². The Hall–Kier alpha value is -3.46. The number of piperazine rings is 1. The third-order valence-corrected chi connectivity index (χ3v) is 5.88. The quantitative estimate of drug-likeness (QED) is 0.404. The average molecular weight is 496 g/mol. The lowest BCUT2D eigenvalue weighted by Crippen LogP contribution is -2.48. The molecule has 9 heteroatoms. The standard InChI is InChI=1S/C23H22BrN5O3/c24-19-5-1-4-18(13-19)23(30)28-11-9-27(10-12-28)20-6-7-22(29(31)32)21(14-20)26-16-17-3-2-8-25-15-17/h1-8,13-15,26H,9-12,16H2. The van der Waals surface area contributed by atoms with E-state index in [-0.39, 0.29) is 16.5 Å². The number of carbonyl (C=O) groups is 1. The van der Waals surface area contributed by atoms with Crippen LogP contribution in [0.1, 0.15) is 15.9 Å². The molecule has 1 amide bonds. The van der Waals surface area contributed by atoms with Crippen LogP contribution < -0.4 is 10.2 Å². The average Bonchev–Trinajstić information content (AvgIpc) is 2.83. The lowest BCUT2D eigenvalue weighted by atomic mass is 10.1. The fourth-order valence-electron chi connectivity index (χ4n) is 3.69. The molecule has 1 saturated heterocycles. The molecule has 1 fully saturated rings. The van der Waals surface area contributed by atoms with Crippen molar-refractivity contribution in [3.05, 3.63) is 92.7 Å². The number of hydrogen-bond acceptors (Lipinski definition) is 6. The van der Waals surface area contributed by atoms with Crippen LogP contribution in [0.5, 0.6) is 0 Å². The summed E-state index contributed by atoms with van der Waals surface area (Å²) in [7, 11) is 0. The highest BCUT2D eigenvalue weighted by Crippen LogP contribution is 2.30. The first-order valence-corrected chi connectivity index (χ1v) is 11.0. The van der Waals surface area contributed by atoms with E-state index in [0.29, 0.717) is 44.0 Å². The summed E-state index contributed by atoms with van der Waals surface area (Å²) in [6, 6.07) is 16.2. The number of pyridine rings is 1. The van der Waals surface area contributed by atoms with Gasteiger partial charge in [0.2, 0.25) is 0 Å². The Morgan fingerprint density at radius 1 is 1.09 bits per heavy atom. The molecule has 2 aromatic carbocycles. The second kappa shape index (κ2) is 9.78. The van der Waals surface area contributed by atoms with Crippen LogP contribution in [0.4, 0.5) is 17.1 Å². The lowest BCUT2D eigenvalue weighted by molar-refractivity contribution is -0.384. The fraction of sp³-hybridized carbons (Fsp3) is 0.217. The number of nitro groups is 1. The molecule has 164 valence electrons. The molecular weight excluding hydrogens is 474 g/mol. The SMILES string of the molecule is O=C(c1cccc(Br)c1)N1CCN(c2ccc([N+](=O)[O-])c(NCc3cccnc3)c2)CC1. The first kappa shape index (κ1) is 21.8. The second-order valence-corrected chi connectivity index (χ2v) is 8.38. The van der Waals surface area contributed by atoms with Crippen molar-refractivity contribution in [2.45, 2.75) is 6.54 Å². The molecule has 1 aliphatic rings. The van der Waals surface area contributed by atoms with Crippen LogP contribution in [0.25, 0.3) is 0 Å². The molecule has 1 N–H and O–H groups in total. The molecule has 1 aliphatic heterocycles. The zero-order chi connectivity index (χ0) is 22.5. The van der Waals surface area contributed by atoms with E-state index in [4.69, 9.17) is 0 Å². The van der Waals surface area contributed by atoms with Crippen molar-refractivity contribution in [2.24, 2.45) is 0 Å². The van der Waals surface area contributed by atoms with Gasteiger partial charge in [-0.1, -0.05) is 28.1 Å². The van der Waals surface area contributed by atoms with Crippen molar-refractivity contribution in [1.29, 1.82) is 0 Å². The van der Waals surface area contributed by atoms with E-state index in [1.165, 1.54) is 6.07 Å². The van der Waals surface area contributed by atoms with Gasteiger partial charge in [0.05, 0.1) is 4.92 Å². The van der Waals surface area contributed by atoms with Gasteiger partial charge in [0.1, 0.15) is 5.69 Å². The summed E-state index contributed by atoms with van der Waals surface area (Å²) in [4.78, 5) is 31.9. The zero-order valence-electron chi connectivity index (χ0n) is 17.3. The molecule has 0 saturated carbocycles. The van der Waals surface area contributed by atoms with E-state index in [9.17, 15) is 14.9 Å². The summed E-state index contributed by atoms with van der Waals surface area (Å²) in [5, 5.41) is 14.7. The number of amides is 1. The van der Waals surface area contributed by atoms with Gasteiger partial charge in [-0.2, -0.15) is 0 Å². The van der Waals surface area contributed by atoms with Crippen molar-refractivity contribution in [3.8, 4) is 0 Å². The molecule has 4 rings (SSSR count). The van der Waals surface area contributed by atoms with E-state index in [1.807, 2.05) is 41.3 Å². The van der Waals surface area contributed by atoms with Crippen molar-refractivity contribution < 1.29 is 9.72 Å². The number of nitro benzene ring substituents is 1. The smallest absolute Gasteiger partial charge is 0.292 e. The van der Waals surface area contributed by atoms with Crippen LogP contribution in [-0.2, 0) is 6.54 Å². The first-order chi connectivity index (χ1) is 15.5. The summed E-state index contributed by atoms with van der Waals surface area (Å²) in [5.74, 6) is 0.00785. The summed E-state index contributed by atoms with van der Waals surface area (Å²) in [6.07, 6.45) is 3.41. The summed E-state index contributed by atoms with van der Waals surface area (Å²) < 4.78 is 0.874. The molecule has 0 aliphatic carbocycles. The van der Waals surface area contributed by atoms with Gasteiger partial charge >= 0.3 is 0 Å². The Morgan fingerprint density at radius 2 is 1.91 bits per heavy atom. The van der Waals surface area contributed by atoms with Gasteiger partial charge in [-0.3, -0.25) is 19.9 Å². The minimum Gasteiger partial charge on any atom is -0.375 e. The second-order valence-electron chi connectivity index (χ2n) is 7.46. The summed E-state index contributed by atoms with van der Waals surface area (Å²) in [6.45, 7) is 2.91. The molecule has 0 spiro atoms. The maximum atomic E-state index is 12.8. The van der Waals surface area contributed by atoms with E-state index in [2.05, 4.69) is 31.1 Å². The third kappa shape index (κ3) is 5.05. The monoisotopic (exact) mass is 495 g/mol. The molecule has 0 unspecified atom stereocenters. The predicted molar refractivity (Wildman–Crippen MR) is 127 cm³/mol. The van der Waals surface area contributed by atoms with E-state index >= 15 is 0 Å². The minimum atomic E-state index is -0.385. The van der Waals surface area contributed by atoms with Gasteiger partial charge in [0.25, 0.3) is 11.6 Å². The van der Waals surface area contributed by atoms with Crippen LogP contribution in [0.15, 0.2) is 71.5 Å². The van der Waals surface area contributed by atoms with Gasteiger partial charge in [0, 0.05) is 66.9 Å². The van der Waals surface area contributed by atoms with Crippen LogP contribution >= 0.6 is 15.9 Å². The fourth-order valence-corrected chi connectivity index (χ4v) is 4.09. The largest absolute Gasteiger partial charge is 0.375 e. The molecule has 0 bridgehead atoms. The maximum absolute atomic E-state index is 12.8. The van der Waals surface area contributed by atoms with Crippen molar-refractivity contribution in [3.63, 3.8) is 0 Å². The van der Waals surface area contributed by atoms with Crippen molar-refractivity contribution in [1.82, 2.24) is 9.88 Å². The third-order valence-electron chi connectivity index (χ3n) is 5.39. The van der Waals surface area contributed by atoms with Crippen molar-refractivity contribution in [2.75, 3.05) is 36.4 Å². The highest BCUT2D eigenvalue weighted by molar-refractivity contribution is 9.10. The molecule has 8 nitrogen and oxygen atoms in total. The van der Waals surface area contributed by atoms with Gasteiger partial charge in [-0.05, 0) is 42.0 Å². The minimum absolute atomic E-state index is 0.00785. The Morgan fingerprint density at radius 3 is 2.59 bits per heavy atom. The number of nitrogens with one attached hydrogen (secondary N) is 1. The first-order valence-electron chi connectivity index (χ1n) is 10.2. The number of hydrogen-bond donors (Lipinski definition) is 1. The Balaban J connectivity index is 1.44. The number of benzene rings is 2. The van der Waals surface area contributed by atoms with E-state index < -0.39 is 0 Å². The van der Waals surface area contributed by atoms with E-state index in [0.717, 1.165) is 15.7 Å². The molecule has 0 atom stereocenters. The normalized spacial score (nSPS) is 13.7. The predicted octanol–water partition coefficient (Wildman–Crippen LogP) is 4.33. The lowest BCUT2D eigenvalue weighted by Gasteiger charge is -2.36. The molecule has 1 aromatic heterocycles. The number of nitrogens with zero attached hydrogens (tertiary/aromatic N) is 4. The number of halogens is 1. The molecule has 3 aromatic rings. The van der Waals surface area contributed by atoms with Crippen LogP contribution in [0.2, 0.25) is 0 Å². The zero-order valence-corrected chi connectivity index (χ0v) is 18.9. The van der Waals surface area contributed by atoms with E-state index in [1.54, 1.807) is 24.5 Å². The molecule has 0 radical (unpaired) electrons. The number of aromatic nitrogens is 1. The summed E-state index contributed by atoms with van der Waals surface area (Å²) in [5.41, 5.74) is 2.97. The summed E-state index contributed by atoms with van der Waals surface area (Å²) >= 11 is 3.41. The van der Waals surface area contributed by atoms with Crippen molar-refractivity contribution >= 4 is 38.9 Å². The number of rotatable bonds is 6. The Bertz CT molecular complexity index is 1120. The van der Waals surface area contributed by atoms with Crippen LogP contribution in [0.3, 0.4) is 0 Å². The Kier molecular flexibility index (Phi) is 6.65. The maximum Gasteiger partial charge on any atom is 0.292 e. The van der Waals surface area contributed by atoms with Crippen LogP contribution in [-0.4, -0.2) is 46.9 Å². The number of carbonyl (C=O) groups excluding carboxylic acids is 1. The van der Waals surface area contributed by atoms with Gasteiger partial charge in [-0.15, -0.1) is 0 Å². The highest BCUT2D eigenvalue weighted by Gasteiger charge is 2.24. The molecular formula is C23H22BrN5O3. The highest BCUT2D eigenvalue weighted by atomic mass is 79.9. The Labute approximate surface area is 194 Å².